The molecular weight excluding hydrogens is 422 g/mol. The minimum atomic E-state index is -0.208. The van der Waals surface area contributed by atoms with Crippen LogP contribution in [0.4, 0.5) is 11.5 Å². The number of amidine groups is 1. The number of nitrogens with one attached hydrogen (secondary N) is 2. The number of aliphatic imine (C=N–C) groups is 1. The van der Waals surface area contributed by atoms with E-state index in [4.69, 9.17) is 0 Å². The van der Waals surface area contributed by atoms with E-state index in [1.54, 1.807) is 18.2 Å². The number of fused-ring (bicyclic) bond motifs is 3. The van der Waals surface area contributed by atoms with Gasteiger partial charge >= 0.3 is 0 Å². The summed E-state index contributed by atoms with van der Waals surface area (Å²) in [5.74, 6) is 1.58. The SMILES string of the molecule is CC(=O)Nc1ccc(C(=O)C=C2Nc3c(Br)cc(C)cc3C3=NCCN23)cn1. The van der Waals surface area contributed by atoms with Crippen molar-refractivity contribution in [2.45, 2.75) is 13.8 Å². The van der Waals surface area contributed by atoms with E-state index < -0.39 is 0 Å². The first-order valence-corrected chi connectivity index (χ1v) is 9.61. The summed E-state index contributed by atoms with van der Waals surface area (Å²) in [5.41, 5.74) is 3.50. The van der Waals surface area contributed by atoms with Crippen LogP contribution >= 0.6 is 15.9 Å². The number of aryl methyl sites for hydroxylation is 1. The van der Waals surface area contributed by atoms with Crippen LogP contribution in [0.1, 0.15) is 28.4 Å². The Hall–Kier alpha value is -3.00. The number of aromatic nitrogens is 1. The third-order valence-corrected chi connectivity index (χ3v) is 5.11. The van der Waals surface area contributed by atoms with Crippen LogP contribution in [-0.4, -0.2) is 40.5 Å². The van der Waals surface area contributed by atoms with E-state index in [0.717, 1.165) is 27.1 Å². The molecule has 0 fully saturated rings. The number of carbonyl (C=O) groups is 2. The maximum absolute atomic E-state index is 12.8. The van der Waals surface area contributed by atoms with Gasteiger partial charge in [0.05, 0.1) is 12.2 Å². The van der Waals surface area contributed by atoms with Crippen molar-refractivity contribution in [1.29, 1.82) is 0 Å². The van der Waals surface area contributed by atoms with Crippen LogP contribution in [0.25, 0.3) is 0 Å². The van der Waals surface area contributed by atoms with Gasteiger partial charge in [0, 0.05) is 41.3 Å². The highest BCUT2D eigenvalue weighted by atomic mass is 79.9. The van der Waals surface area contributed by atoms with Crippen molar-refractivity contribution in [3.05, 3.63) is 63.5 Å². The highest BCUT2D eigenvalue weighted by molar-refractivity contribution is 9.10. The number of rotatable bonds is 3. The van der Waals surface area contributed by atoms with Gasteiger partial charge in [0.2, 0.25) is 5.91 Å². The molecule has 2 N–H and O–H groups in total. The second kappa shape index (κ2) is 7.20. The van der Waals surface area contributed by atoms with Crippen molar-refractivity contribution in [2.24, 2.45) is 4.99 Å². The van der Waals surface area contributed by atoms with Crippen LogP contribution < -0.4 is 10.6 Å². The first kappa shape index (κ1) is 18.4. The zero-order valence-corrected chi connectivity index (χ0v) is 17.0. The van der Waals surface area contributed by atoms with E-state index in [9.17, 15) is 9.59 Å². The number of carbonyl (C=O) groups excluding carboxylic acids is 2. The predicted molar refractivity (Wildman–Crippen MR) is 112 cm³/mol. The summed E-state index contributed by atoms with van der Waals surface area (Å²) in [6.45, 7) is 4.84. The molecular formula is C20H18BrN5O2. The fourth-order valence-corrected chi connectivity index (χ4v) is 3.94. The average Bonchev–Trinajstić information content (AvgIpc) is 3.13. The molecule has 1 amide bonds. The summed E-state index contributed by atoms with van der Waals surface area (Å²) >= 11 is 3.60. The molecule has 8 heteroatoms. The van der Waals surface area contributed by atoms with Crippen molar-refractivity contribution in [3.63, 3.8) is 0 Å². The second-order valence-corrected chi connectivity index (χ2v) is 7.51. The molecule has 0 atom stereocenters. The molecule has 7 nitrogen and oxygen atoms in total. The van der Waals surface area contributed by atoms with Gasteiger partial charge in [-0.15, -0.1) is 0 Å². The number of nitrogens with zero attached hydrogens (tertiary/aromatic N) is 3. The summed E-state index contributed by atoms with van der Waals surface area (Å²) in [6.07, 6.45) is 3.02. The quantitative estimate of drug-likeness (QED) is 0.565. The van der Waals surface area contributed by atoms with E-state index >= 15 is 0 Å². The number of amides is 1. The van der Waals surface area contributed by atoms with Crippen molar-refractivity contribution >= 4 is 45.0 Å². The number of pyridine rings is 1. The van der Waals surface area contributed by atoms with Gasteiger partial charge in [-0.05, 0) is 52.7 Å². The molecule has 0 bridgehead atoms. The molecule has 2 aromatic rings. The molecule has 28 heavy (non-hydrogen) atoms. The van der Waals surface area contributed by atoms with Gasteiger partial charge in [0.1, 0.15) is 17.5 Å². The maximum atomic E-state index is 12.8. The molecule has 1 aromatic heterocycles. The number of anilines is 2. The largest absolute Gasteiger partial charge is 0.340 e. The van der Waals surface area contributed by atoms with Crippen LogP contribution in [0.3, 0.4) is 0 Å². The summed E-state index contributed by atoms with van der Waals surface area (Å²) in [5, 5.41) is 5.95. The van der Waals surface area contributed by atoms with E-state index in [0.29, 0.717) is 30.3 Å². The Kier molecular flexibility index (Phi) is 4.72. The molecule has 142 valence electrons. The monoisotopic (exact) mass is 439 g/mol. The number of ketones is 1. The van der Waals surface area contributed by atoms with E-state index in [2.05, 4.69) is 42.6 Å². The molecule has 4 rings (SSSR count). The molecule has 1 aromatic carbocycles. The Morgan fingerprint density at radius 3 is 2.86 bits per heavy atom. The van der Waals surface area contributed by atoms with Crippen LogP contribution in [0.15, 0.2) is 51.8 Å². The fourth-order valence-electron chi connectivity index (χ4n) is 3.27. The van der Waals surface area contributed by atoms with Crippen molar-refractivity contribution in [1.82, 2.24) is 9.88 Å². The van der Waals surface area contributed by atoms with Gasteiger partial charge in [0.15, 0.2) is 5.78 Å². The van der Waals surface area contributed by atoms with Crippen LogP contribution in [-0.2, 0) is 4.79 Å². The van der Waals surface area contributed by atoms with E-state index in [1.165, 1.54) is 13.1 Å². The lowest BCUT2D eigenvalue weighted by molar-refractivity contribution is -0.114. The topological polar surface area (TPSA) is 86.7 Å². The number of hydrogen-bond acceptors (Lipinski definition) is 6. The van der Waals surface area contributed by atoms with Crippen LogP contribution in [0.5, 0.6) is 0 Å². The van der Waals surface area contributed by atoms with Gasteiger partial charge in [-0.1, -0.05) is 0 Å². The van der Waals surface area contributed by atoms with Gasteiger partial charge < -0.3 is 15.5 Å². The zero-order valence-electron chi connectivity index (χ0n) is 15.4. The Labute approximate surface area is 170 Å². The number of halogens is 1. The molecule has 0 saturated heterocycles. The van der Waals surface area contributed by atoms with E-state index in [-0.39, 0.29) is 11.7 Å². The molecule has 2 aliphatic rings. The Morgan fingerprint density at radius 2 is 2.14 bits per heavy atom. The molecule has 0 radical (unpaired) electrons. The third-order valence-electron chi connectivity index (χ3n) is 4.48. The lowest BCUT2D eigenvalue weighted by Gasteiger charge is -2.32. The van der Waals surface area contributed by atoms with Gasteiger partial charge in [-0.3, -0.25) is 14.6 Å². The first-order valence-electron chi connectivity index (χ1n) is 8.81. The zero-order chi connectivity index (χ0) is 19.8. The summed E-state index contributed by atoms with van der Waals surface area (Å²) in [7, 11) is 0. The predicted octanol–water partition coefficient (Wildman–Crippen LogP) is 3.32. The third kappa shape index (κ3) is 3.43. The molecule has 2 aliphatic heterocycles. The van der Waals surface area contributed by atoms with Crippen LogP contribution in [0.2, 0.25) is 0 Å². The maximum Gasteiger partial charge on any atom is 0.222 e. The Balaban J connectivity index is 1.65. The Morgan fingerprint density at radius 1 is 1.32 bits per heavy atom. The summed E-state index contributed by atoms with van der Waals surface area (Å²) in [4.78, 5) is 34.6. The minimum Gasteiger partial charge on any atom is -0.340 e. The minimum absolute atomic E-state index is 0.178. The molecule has 0 unspecified atom stereocenters. The number of allylic oxidation sites excluding steroid dienone is 1. The summed E-state index contributed by atoms with van der Waals surface area (Å²) < 4.78 is 0.927. The lowest BCUT2D eigenvalue weighted by atomic mass is 10.0. The molecule has 0 aliphatic carbocycles. The smallest absolute Gasteiger partial charge is 0.222 e. The molecule has 3 heterocycles. The number of benzene rings is 1. The van der Waals surface area contributed by atoms with Gasteiger partial charge in [-0.2, -0.15) is 0 Å². The first-order chi connectivity index (χ1) is 13.4. The lowest BCUT2D eigenvalue weighted by Crippen LogP contribution is -2.36. The normalized spacial score (nSPS) is 16.2. The average molecular weight is 440 g/mol. The van der Waals surface area contributed by atoms with Crippen molar-refractivity contribution < 1.29 is 9.59 Å². The van der Waals surface area contributed by atoms with Crippen molar-refractivity contribution in [2.75, 3.05) is 23.7 Å². The number of hydrogen-bond donors (Lipinski definition) is 2. The highest BCUT2D eigenvalue weighted by Gasteiger charge is 2.31. The molecule has 0 spiro atoms. The fraction of sp³-hybridized carbons (Fsp3) is 0.200. The van der Waals surface area contributed by atoms with Crippen LogP contribution in [0, 0.1) is 6.92 Å². The highest BCUT2D eigenvalue weighted by Crippen LogP contribution is 2.36. The Bertz CT molecular complexity index is 1040. The van der Waals surface area contributed by atoms with Crippen molar-refractivity contribution in [3.8, 4) is 0 Å². The summed E-state index contributed by atoms with van der Waals surface area (Å²) in [6, 6.07) is 7.38. The standard InChI is InChI=1S/C20H18BrN5O2/c1-11-7-14-19(15(21)8-11)25-18(26-6-5-22-20(14)26)9-16(28)13-3-4-17(23-10-13)24-12(2)27/h3-4,7-10,25H,5-6H2,1-2H3,(H,23,24,27). The second-order valence-electron chi connectivity index (χ2n) is 6.66. The molecule has 0 saturated carbocycles. The van der Waals surface area contributed by atoms with Gasteiger partial charge in [-0.25, -0.2) is 4.98 Å². The van der Waals surface area contributed by atoms with E-state index in [1.807, 2.05) is 17.9 Å². The van der Waals surface area contributed by atoms with Gasteiger partial charge in [0.25, 0.3) is 0 Å².